The summed E-state index contributed by atoms with van der Waals surface area (Å²) >= 11 is 0. The van der Waals surface area contributed by atoms with Crippen molar-refractivity contribution in [3.05, 3.63) is 48.6 Å². The van der Waals surface area contributed by atoms with E-state index in [-0.39, 0.29) is 11.5 Å². The summed E-state index contributed by atoms with van der Waals surface area (Å²) in [5.41, 5.74) is 7.57. The smallest absolute Gasteiger partial charge is 0.0475 e. The van der Waals surface area contributed by atoms with Crippen LogP contribution in [-0.2, 0) is 10.2 Å². The van der Waals surface area contributed by atoms with E-state index in [1.165, 1.54) is 5.56 Å². The average Bonchev–Trinajstić information content (AvgIpc) is 2.39. The largest absolute Gasteiger partial charge is 0.381 e. The predicted octanol–water partition coefficient (Wildman–Crippen LogP) is 2.25. The topological polar surface area (TPSA) is 35.2 Å². The molecular formula is C14H19NO. The minimum Gasteiger partial charge on any atom is -0.381 e. The Hall–Kier alpha value is -1.12. The van der Waals surface area contributed by atoms with Crippen LogP contribution in [0.3, 0.4) is 0 Å². The van der Waals surface area contributed by atoms with E-state index >= 15 is 0 Å². The second kappa shape index (κ2) is 4.81. The van der Waals surface area contributed by atoms with Crippen molar-refractivity contribution in [2.24, 2.45) is 5.73 Å². The zero-order valence-corrected chi connectivity index (χ0v) is 9.56. The van der Waals surface area contributed by atoms with Crippen LogP contribution < -0.4 is 5.73 Å². The fourth-order valence-electron chi connectivity index (χ4n) is 2.55. The molecule has 0 bridgehead atoms. The zero-order chi connectivity index (χ0) is 11.4. The SMILES string of the molecule is C=CC(N)C1(c2ccccc2)CCOCC1. The number of benzene rings is 1. The van der Waals surface area contributed by atoms with Gasteiger partial charge in [-0.25, -0.2) is 0 Å². The zero-order valence-electron chi connectivity index (χ0n) is 9.56. The van der Waals surface area contributed by atoms with Crippen LogP contribution in [0.15, 0.2) is 43.0 Å². The number of hydrogen-bond donors (Lipinski definition) is 1. The summed E-state index contributed by atoms with van der Waals surface area (Å²) < 4.78 is 5.45. The van der Waals surface area contributed by atoms with Crippen LogP contribution in [0.25, 0.3) is 0 Å². The molecule has 86 valence electrons. The lowest BCUT2D eigenvalue weighted by Gasteiger charge is -2.41. The van der Waals surface area contributed by atoms with Gasteiger partial charge >= 0.3 is 0 Å². The monoisotopic (exact) mass is 217 g/mol. The van der Waals surface area contributed by atoms with Crippen LogP contribution in [-0.4, -0.2) is 19.3 Å². The lowest BCUT2D eigenvalue weighted by molar-refractivity contribution is 0.0455. The van der Waals surface area contributed by atoms with Crippen molar-refractivity contribution >= 4 is 0 Å². The van der Waals surface area contributed by atoms with Crippen LogP contribution in [0.5, 0.6) is 0 Å². The van der Waals surface area contributed by atoms with Crippen molar-refractivity contribution in [2.45, 2.75) is 24.3 Å². The van der Waals surface area contributed by atoms with Crippen molar-refractivity contribution < 1.29 is 4.74 Å². The Morgan fingerprint density at radius 3 is 2.44 bits per heavy atom. The van der Waals surface area contributed by atoms with Crippen molar-refractivity contribution in [3.63, 3.8) is 0 Å². The van der Waals surface area contributed by atoms with E-state index in [9.17, 15) is 0 Å². The molecule has 2 N–H and O–H groups in total. The highest BCUT2D eigenvalue weighted by atomic mass is 16.5. The van der Waals surface area contributed by atoms with Gasteiger partial charge in [0.2, 0.25) is 0 Å². The summed E-state index contributed by atoms with van der Waals surface area (Å²) in [6, 6.07) is 10.5. The highest BCUT2D eigenvalue weighted by molar-refractivity contribution is 5.30. The molecule has 0 spiro atoms. The van der Waals surface area contributed by atoms with E-state index in [0.29, 0.717) is 0 Å². The maximum Gasteiger partial charge on any atom is 0.0475 e. The second-order valence-corrected chi connectivity index (χ2v) is 4.40. The van der Waals surface area contributed by atoms with Crippen molar-refractivity contribution in [1.29, 1.82) is 0 Å². The number of nitrogens with two attached hydrogens (primary N) is 1. The summed E-state index contributed by atoms with van der Waals surface area (Å²) in [7, 11) is 0. The van der Waals surface area contributed by atoms with Gasteiger partial charge in [-0.15, -0.1) is 6.58 Å². The molecule has 1 aromatic carbocycles. The fraction of sp³-hybridized carbons (Fsp3) is 0.429. The third-order valence-electron chi connectivity index (χ3n) is 3.63. The molecule has 0 saturated carbocycles. The quantitative estimate of drug-likeness (QED) is 0.788. The van der Waals surface area contributed by atoms with Gasteiger partial charge in [-0.2, -0.15) is 0 Å². The van der Waals surface area contributed by atoms with Crippen molar-refractivity contribution in [3.8, 4) is 0 Å². The first kappa shape index (κ1) is 11.4. The molecule has 1 heterocycles. The molecule has 0 aromatic heterocycles. The Bertz CT molecular complexity index is 341. The van der Waals surface area contributed by atoms with Crippen molar-refractivity contribution in [1.82, 2.24) is 0 Å². The van der Waals surface area contributed by atoms with Crippen LogP contribution in [0, 0.1) is 0 Å². The van der Waals surface area contributed by atoms with E-state index in [2.05, 4.69) is 30.8 Å². The van der Waals surface area contributed by atoms with E-state index < -0.39 is 0 Å². The molecule has 1 fully saturated rings. The predicted molar refractivity (Wildman–Crippen MR) is 66.3 cm³/mol. The molecule has 1 aliphatic heterocycles. The van der Waals surface area contributed by atoms with Gasteiger partial charge in [0.1, 0.15) is 0 Å². The summed E-state index contributed by atoms with van der Waals surface area (Å²) in [6.07, 6.45) is 3.81. The van der Waals surface area contributed by atoms with Crippen LogP contribution in [0.1, 0.15) is 18.4 Å². The Morgan fingerprint density at radius 1 is 1.25 bits per heavy atom. The summed E-state index contributed by atoms with van der Waals surface area (Å²) in [5, 5.41) is 0. The van der Waals surface area contributed by atoms with Crippen LogP contribution >= 0.6 is 0 Å². The normalized spacial score (nSPS) is 21.3. The third-order valence-corrected chi connectivity index (χ3v) is 3.63. The standard InChI is InChI=1S/C14H19NO/c1-2-13(15)14(8-10-16-11-9-14)12-6-4-3-5-7-12/h2-7,13H,1,8-11,15H2. The van der Waals surface area contributed by atoms with E-state index in [0.717, 1.165) is 26.1 Å². The second-order valence-electron chi connectivity index (χ2n) is 4.40. The lowest BCUT2D eigenvalue weighted by atomic mass is 9.69. The third kappa shape index (κ3) is 1.91. The molecule has 1 aromatic rings. The Kier molecular flexibility index (Phi) is 3.42. The maximum absolute atomic E-state index is 6.24. The van der Waals surface area contributed by atoms with Crippen molar-refractivity contribution in [2.75, 3.05) is 13.2 Å². The molecule has 0 amide bonds. The highest BCUT2D eigenvalue weighted by Crippen LogP contribution is 2.37. The molecule has 2 rings (SSSR count). The lowest BCUT2D eigenvalue weighted by Crippen LogP contribution is -2.47. The van der Waals surface area contributed by atoms with E-state index in [4.69, 9.17) is 10.5 Å². The molecule has 1 atom stereocenters. The molecule has 1 aliphatic rings. The first-order valence-electron chi connectivity index (χ1n) is 5.81. The van der Waals surface area contributed by atoms with E-state index in [1.54, 1.807) is 0 Å². The fourth-order valence-corrected chi connectivity index (χ4v) is 2.55. The number of ether oxygens (including phenoxy) is 1. The van der Waals surface area contributed by atoms with Gasteiger partial charge in [0.05, 0.1) is 0 Å². The molecule has 2 heteroatoms. The highest BCUT2D eigenvalue weighted by Gasteiger charge is 2.38. The number of rotatable bonds is 3. The van der Waals surface area contributed by atoms with Gasteiger partial charge in [-0.1, -0.05) is 36.4 Å². The van der Waals surface area contributed by atoms with Crippen LogP contribution in [0.4, 0.5) is 0 Å². The molecule has 16 heavy (non-hydrogen) atoms. The Morgan fingerprint density at radius 2 is 1.88 bits per heavy atom. The molecule has 0 aliphatic carbocycles. The van der Waals surface area contributed by atoms with E-state index in [1.807, 2.05) is 12.1 Å². The minimum absolute atomic E-state index is 0.00111. The first-order chi connectivity index (χ1) is 7.79. The van der Waals surface area contributed by atoms with Gasteiger partial charge in [0, 0.05) is 24.7 Å². The number of hydrogen-bond acceptors (Lipinski definition) is 2. The van der Waals surface area contributed by atoms with Gasteiger partial charge in [0.15, 0.2) is 0 Å². The van der Waals surface area contributed by atoms with Gasteiger partial charge in [-0.3, -0.25) is 0 Å². The molecular weight excluding hydrogens is 198 g/mol. The Balaban J connectivity index is 2.37. The summed E-state index contributed by atoms with van der Waals surface area (Å²) in [4.78, 5) is 0. The molecule has 2 nitrogen and oxygen atoms in total. The van der Waals surface area contributed by atoms with Crippen LogP contribution in [0.2, 0.25) is 0 Å². The molecule has 0 radical (unpaired) electrons. The minimum atomic E-state index is -0.00111. The van der Waals surface area contributed by atoms with Gasteiger partial charge in [0.25, 0.3) is 0 Å². The first-order valence-corrected chi connectivity index (χ1v) is 5.81. The summed E-state index contributed by atoms with van der Waals surface area (Å²) in [6.45, 7) is 5.42. The van der Waals surface area contributed by atoms with Gasteiger partial charge in [-0.05, 0) is 18.4 Å². The summed E-state index contributed by atoms with van der Waals surface area (Å²) in [5.74, 6) is 0. The Labute approximate surface area is 97.1 Å². The molecule has 1 saturated heterocycles. The average molecular weight is 217 g/mol. The maximum atomic E-state index is 6.24. The van der Waals surface area contributed by atoms with Gasteiger partial charge < -0.3 is 10.5 Å². The molecule has 1 unspecified atom stereocenters.